The average Bonchev–Trinajstić information content (AvgIpc) is 3.01. The third-order valence-corrected chi connectivity index (χ3v) is 10.3. The van der Waals surface area contributed by atoms with Gasteiger partial charge in [0, 0.05) is 50.7 Å². The fraction of sp³-hybridized carbons (Fsp3) is 0.483. The van der Waals surface area contributed by atoms with E-state index in [1.54, 1.807) is 11.0 Å². The average molecular weight is 789 g/mol. The molecule has 2 aromatic rings. The third-order valence-electron chi connectivity index (χ3n) is 7.99. The van der Waals surface area contributed by atoms with Crippen molar-refractivity contribution < 1.29 is 67.4 Å². The first kappa shape index (κ1) is 41.1. The summed E-state index contributed by atoms with van der Waals surface area (Å²) in [5, 5.41) is 7.54. The molecule has 4 rings (SSSR count). The molecule has 2 amide bonds. The van der Waals surface area contributed by atoms with Crippen LogP contribution in [0.25, 0.3) is 0 Å². The molecule has 0 bridgehead atoms. The van der Waals surface area contributed by atoms with Crippen molar-refractivity contribution in [3.8, 4) is 0 Å². The monoisotopic (exact) mass is 787 g/mol. The van der Waals surface area contributed by atoms with E-state index >= 15 is 0 Å². The van der Waals surface area contributed by atoms with Gasteiger partial charge in [0.2, 0.25) is 5.91 Å². The van der Waals surface area contributed by atoms with Crippen molar-refractivity contribution in [1.82, 2.24) is 14.7 Å². The number of carbonyl (C=O) groups is 3. The SMILES string of the molecule is CN(C(=O)c1cc(C(F)(F)F)cc(C(F)(F)F)c1)[C@@H]1CCN(C(=O)CN2CCS(=O)(=O)CC2)C[C@H]1c1ccc(Cl)c(Cl)c1.O=C(O)C(F)(F)F. The number of benzene rings is 2. The van der Waals surface area contributed by atoms with Gasteiger partial charge < -0.3 is 14.9 Å². The highest BCUT2D eigenvalue weighted by Crippen LogP contribution is 2.38. The smallest absolute Gasteiger partial charge is 0.475 e. The number of aliphatic carboxylic acids is 1. The first-order valence-corrected chi connectivity index (χ1v) is 16.9. The van der Waals surface area contributed by atoms with Gasteiger partial charge in [-0.25, -0.2) is 13.2 Å². The maximum atomic E-state index is 13.4. The Bertz CT molecular complexity index is 1660. The fourth-order valence-electron chi connectivity index (χ4n) is 5.33. The van der Waals surface area contributed by atoms with Crippen LogP contribution in [-0.2, 0) is 31.8 Å². The zero-order valence-electron chi connectivity index (χ0n) is 25.7. The molecule has 2 aliphatic rings. The molecule has 1 N–H and O–H groups in total. The van der Waals surface area contributed by atoms with Crippen molar-refractivity contribution in [1.29, 1.82) is 0 Å². The molecule has 9 nitrogen and oxygen atoms in total. The Labute approximate surface area is 289 Å². The second-order valence-corrected chi connectivity index (χ2v) is 14.5. The molecule has 278 valence electrons. The Morgan fingerprint density at radius 3 is 1.84 bits per heavy atom. The number of halogens is 11. The summed E-state index contributed by atoms with van der Waals surface area (Å²) in [6.07, 6.45) is -15.2. The Morgan fingerprint density at radius 2 is 1.38 bits per heavy atom. The normalized spacial score (nSPS) is 20.0. The van der Waals surface area contributed by atoms with Crippen LogP contribution in [0.4, 0.5) is 39.5 Å². The number of carboxylic acids is 1. The molecular weight excluding hydrogens is 760 g/mol. The summed E-state index contributed by atoms with van der Waals surface area (Å²) in [4.78, 5) is 39.9. The molecule has 0 aliphatic carbocycles. The second kappa shape index (κ2) is 15.5. The van der Waals surface area contributed by atoms with Crippen LogP contribution in [0.2, 0.25) is 10.0 Å². The fourth-order valence-corrected chi connectivity index (χ4v) is 6.92. The minimum Gasteiger partial charge on any atom is -0.475 e. The van der Waals surface area contributed by atoms with Crippen molar-refractivity contribution >= 4 is 50.8 Å². The predicted molar refractivity (Wildman–Crippen MR) is 162 cm³/mol. The van der Waals surface area contributed by atoms with E-state index in [-0.39, 0.29) is 72.7 Å². The highest BCUT2D eigenvalue weighted by molar-refractivity contribution is 7.91. The Hall–Kier alpha value is -3.29. The summed E-state index contributed by atoms with van der Waals surface area (Å²) < 4.78 is 136. The van der Waals surface area contributed by atoms with Crippen LogP contribution in [0.1, 0.15) is 39.4 Å². The maximum absolute atomic E-state index is 13.4. The van der Waals surface area contributed by atoms with E-state index in [1.807, 2.05) is 0 Å². The van der Waals surface area contributed by atoms with E-state index in [4.69, 9.17) is 33.1 Å². The molecule has 0 saturated carbocycles. The number of hydrogen-bond donors (Lipinski definition) is 1. The van der Waals surface area contributed by atoms with Gasteiger partial charge >= 0.3 is 24.5 Å². The molecule has 50 heavy (non-hydrogen) atoms. The number of nitrogens with zero attached hydrogens (tertiary/aromatic N) is 3. The third kappa shape index (κ3) is 10.9. The zero-order chi connectivity index (χ0) is 38.0. The van der Waals surface area contributed by atoms with Crippen molar-refractivity contribution in [3.05, 3.63) is 68.7 Å². The van der Waals surface area contributed by atoms with E-state index in [0.29, 0.717) is 17.7 Å². The maximum Gasteiger partial charge on any atom is 0.490 e. The molecular formula is C29H28Cl2F9N3O6S. The van der Waals surface area contributed by atoms with Crippen LogP contribution in [0.15, 0.2) is 36.4 Å². The summed E-state index contributed by atoms with van der Waals surface area (Å²) >= 11 is 12.3. The summed E-state index contributed by atoms with van der Waals surface area (Å²) in [7, 11) is -1.86. The number of sulfone groups is 1. The van der Waals surface area contributed by atoms with Crippen LogP contribution in [0, 0.1) is 0 Å². The van der Waals surface area contributed by atoms with Crippen LogP contribution in [-0.4, -0.2) is 110 Å². The number of carboxylic acid groups (broad SMARTS) is 1. The summed E-state index contributed by atoms with van der Waals surface area (Å²) in [6.45, 7) is 0.570. The number of likely N-dealkylation sites (N-methyl/N-ethyl adjacent to an activating group) is 1. The summed E-state index contributed by atoms with van der Waals surface area (Å²) in [6, 6.07) is 4.67. The topological polar surface area (TPSA) is 115 Å². The van der Waals surface area contributed by atoms with Crippen LogP contribution >= 0.6 is 23.2 Å². The molecule has 0 aromatic heterocycles. The van der Waals surface area contributed by atoms with Gasteiger partial charge in [-0.1, -0.05) is 29.3 Å². The largest absolute Gasteiger partial charge is 0.490 e. The van der Waals surface area contributed by atoms with Crippen molar-refractivity contribution in [2.24, 2.45) is 0 Å². The van der Waals surface area contributed by atoms with Gasteiger partial charge in [-0.2, -0.15) is 39.5 Å². The predicted octanol–water partition coefficient (Wildman–Crippen LogP) is 5.85. The molecule has 0 radical (unpaired) electrons. The zero-order valence-corrected chi connectivity index (χ0v) is 28.0. The summed E-state index contributed by atoms with van der Waals surface area (Å²) in [5.74, 6) is -4.85. The van der Waals surface area contributed by atoms with Crippen molar-refractivity contribution in [2.75, 3.05) is 51.3 Å². The number of piperidine rings is 1. The first-order chi connectivity index (χ1) is 22.8. The molecule has 2 aliphatic heterocycles. The number of alkyl halides is 9. The highest BCUT2D eigenvalue weighted by atomic mass is 35.5. The van der Waals surface area contributed by atoms with Crippen LogP contribution < -0.4 is 0 Å². The van der Waals surface area contributed by atoms with Gasteiger partial charge in [-0.05, 0) is 42.3 Å². The van der Waals surface area contributed by atoms with E-state index in [9.17, 15) is 57.5 Å². The van der Waals surface area contributed by atoms with Gasteiger partial charge in [0.1, 0.15) is 0 Å². The van der Waals surface area contributed by atoms with Gasteiger partial charge in [0.05, 0.1) is 39.2 Å². The molecule has 2 aromatic carbocycles. The van der Waals surface area contributed by atoms with Gasteiger partial charge in [0.25, 0.3) is 5.91 Å². The van der Waals surface area contributed by atoms with Gasteiger partial charge in [-0.3, -0.25) is 14.5 Å². The first-order valence-electron chi connectivity index (χ1n) is 14.3. The summed E-state index contributed by atoms with van der Waals surface area (Å²) in [5.41, 5.74) is -3.44. The van der Waals surface area contributed by atoms with Crippen molar-refractivity contribution in [2.45, 2.75) is 36.9 Å². The molecule has 0 unspecified atom stereocenters. The standard InChI is InChI=1S/C27H27Cl2F6N3O4S.C2HF3O2/c1-36(25(40)17-10-18(26(30,31)32)13-19(11-17)27(33,34)35)23-4-5-38(14-20(23)16-2-3-21(28)22(29)12-16)24(39)15-37-6-8-43(41,42)9-7-37;3-2(4,5)1(6)7/h2-3,10-13,20,23H,4-9,14-15H2,1H3;(H,6,7)/t20-,23+;/m0./s1. The second-order valence-electron chi connectivity index (χ2n) is 11.4. The van der Waals surface area contributed by atoms with Crippen molar-refractivity contribution in [3.63, 3.8) is 0 Å². The number of likely N-dealkylation sites (tertiary alicyclic amines) is 1. The number of amides is 2. The van der Waals surface area contributed by atoms with Gasteiger partial charge in [-0.15, -0.1) is 0 Å². The quantitative estimate of drug-likeness (QED) is 0.379. The minimum atomic E-state index is -5.12. The molecule has 2 atom stereocenters. The number of hydrogen-bond acceptors (Lipinski definition) is 6. The van der Waals surface area contributed by atoms with Gasteiger partial charge in [0.15, 0.2) is 9.84 Å². The molecule has 21 heteroatoms. The number of carbonyl (C=O) groups excluding carboxylic acids is 2. The molecule has 2 fully saturated rings. The lowest BCUT2D eigenvalue weighted by atomic mass is 9.84. The minimum absolute atomic E-state index is 0.0342. The molecule has 2 heterocycles. The lowest BCUT2D eigenvalue weighted by Crippen LogP contribution is -2.54. The van der Waals surface area contributed by atoms with Crippen LogP contribution in [0.3, 0.4) is 0 Å². The highest BCUT2D eigenvalue weighted by Gasteiger charge is 2.41. The molecule has 2 saturated heterocycles. The Kier molecular flexibility index (Phi) is 12.8. The Morgan fingerprint density at radius 1 is 0.860 bits per heavy atom. The molecule has 0 spiro atoms. The lowest BCUT2D eigenvalue weighted by molar-refractivity contribution is -0.192. The number of rotatable bonds is 5. The Balaban J connectivity index is 0.000000872. The van der Waals surface area contributed by atoms with E-state index in [1.165, 1.54) is 24.1 Å². The van der Waals surface area contributed by atoms with E-state index in [0.717, 1.165) is 4.90 Å². The van der Waals surface area contributed by atoms with E-state index < -0.39 is 68.9 Å². The van der Waals surface area contributed by atoms with Crippen LogP contribution in [0.5, 0.6) is 0 Å². The lowest BCUT2D eigenvalue weighted by Gasteiger charge is -2.43. The van der Waals surface area contributed by atoms with E-state index in [2.05, 4.69) is 0 Å².